The van der Waals surface area contributed by atoms with Gasteiger partial charge in [-0.1, -0.05) is 155 Å². The van der Waals surface area contributed by atoms with Gasteiger partial charge in [-0.25, -0.2) is 4.57 Å². The molecule has 0 radical (unpaired) electrons. The number of hydrogen-bond acceptors (Lipinski definition) is 0. The van der Waals surface area contributed by atoms with Gasteiger partial charge >= 0.3 is 0 Å². The van der Waals surface area contributed by atoms with Gasteiger partial charge in [-0.05, 0) is 31.2 Å². The largest absolute Gasteiger partial charge is 0.208 e. The molecule has 204 valence electrons. The molecule has 1 aromatic rings. The molecule has 0 spiro atoms. The first-order valence-corrected chi connectivity index (χ1v) is 16.2. The summed E-state index contributed by atoms with van der Waals surface area (Å²) in [6.45, 7) is 4.61. The molecule has 0 saturated heterocycles. The van der Waals surface area contributed by atoms with Crippen LogP contribution in [0.2, 0.25) is 0 Å². The fraction of sp³-hybridized carbons (Fsp3) is 0.853. The van der Waals surface area contributed by atoms with Gasteiger partial charge in [0.1, 0.15) is 7.05 Å². The summed E-state index contributed by atoms with van der Waals surface area (Å²) < 4.78 is 2.25. The molecule has 0 saturated carbocycles. The van der Waals surface area contributed by atoms with Crippen molar-refractivity contribution in [3.05, 3.63) is 29.6 Å². The minimum atomic E-state index is 1.28. The molecular formula is C34H64N+. The van der Waals surface area contributed by atoms with Crippen LogP contribution in [0.4, 0.5) is 0 Å². The van der Waals surface area contributed by atoms with E-state index >= 15 is 0 Å². The molecule has 1 heterocycles. The summed E-state index contributed by atoms with van der Waals surface area (Å²) in [5.41, 5.74) is 3.24. The first kappa shape index (κ1) is 32.2. The highest BCUT2D eigenvalue weighted by molar-refractivity contribution is 5.21. The Bertz CT molecular complexity index is 564. The van der Waals surface area contributed by atoms with Crippen LogP contribution >= 0.6 is 0 Å². The predicted octanol–water partition coefficient (Wildman–Crippen LogP) is 11.0. The summed E-state index contributed by atoms with van der Waals surface area (Å²) in [6, 6.07) is 2.40. The van der Waals surface area contributed by atoms with Gasteiger partial charge in [0.2, 0.25) is 0 Å². The van der Waals surface area contributed by atoms with Crippen molar-refractivity contribution >= 4 is 0 Å². The molecule has 1 aromatic heterocycles. The number of nitrogens with zero attached hydrogens (tertiary/aromatic N) is 1. The summed E-state index contributed by atoms with van der Waals surface area (Å²) in [4.78, 5) is 0. The van der Waals surface area contributed by atoms with Crippen LogP contribution in [0.25, 0.3) is 0 Å². The van der Waals surface area contributed by atoms with Crippen LogP contribution in [-0.2, 0) is 19.9 Å². The lowest BCUT2D eigenvalue weighted by atomic mass is 9.97. The highest BCUT2D eigenvalue weighted by atomic mass is 14.9. The molecule has 0 bridgehead atoms. The number of hydrogen-bond donors (Lipinski definition) is 0. The molecule has 0 aliphatic carbocycles. The Morgan fingerprint density at radius 1 is 0.429 bits per heavy atom. The van der Waals surface area contributed by atoms with Crippen LogP contribution in [0.15, 0.2) is 18.5 Å². The molecule has 0 fully saturated rings. The van der Waals surface area contributed by atoms with Crippen molar-refractivity contribution in [1.82, 2.24) is 0 Å². The van der Waals surface area contributed by atoms with Crippen molar-refractivity contribution in [2.24, 2.45) is 7.05 Å². The van der Waals surface area contributed by atoms with Crippen molar-refractivity contribution in [2.75, 3.05) is 0 Å². The molecule has 1 heteroatoms. The van der Waals surface area contributed by atoms with E-state index in [0.717, 1.165) is 0 Å². The normalized spacial score (nSPS) is 11.4. The number of pyridine rings is 1. The van der Waals surface area contributed by atoms with Crippen LogP contribution in [0.3, 0.4) is 0 Å². The van der Waals surface area contributed by atoms with E-state index in [9.17, 15) is 0 Å². The fourth-order valence-corrected chi connectivity index (χ4v) is 5.47. The van der Waals surface area contributed by atoms with Crippen molar-refractivity contribution in [2.45, 2.75) is 181 Å². The number of rotatable bonds is 26. The van der Waals surface area contributed by atoms with E-state index in [0.29, 0.717) is 0 Å². The molecule has 0 unspecified atom stereocenters. The number of aryl methyl sites for hydroxylation is 3. The maximum Gasteiger partial charge on any atom is 0.171 e. The third-order valence-corrected chi connectivity index (χ3v) is 7.88. The first-order chi connectivity index (χ1) is 17.3. The van der Waals surface area contributed by atoms with Gasteiger partial charge in [0.05, 0.1) is 0 Å². The minimum Gasteiger partial charge on any atom is -0.208 e. The van der Waals surface area contributed by atoms with E-state index in [1.165, 1.54) is 167 Å². The number of aromatic nitrogens is 1. The Morgan fingerprint density at radius 3 is 1.11 bits per heavy atom. The van der Waals surface area contributed by atoms with Crippen molar-refractivity contribution in [3.8, 4) is 0 Å². The van der Waals surface area contributed by atoms with Crippen LogP contribution in [0.1, 0.15) is 179 Å². The van der Waals surface area contributed by atoms with Crippen LogP contribution in [0, 0.1) is 0 Å². The summed E-state index contributed by atoms with van der Waals surface area (Å²) >= 11 is 0. The molecule has 0 aliphatic heterocycles. The van der Waals surface area contributed by atoms with E-state index in [2.05, 4.69) is 43.9 Å². The summed E-state index contributed by atoms with van der Waals surface area (Å²) in [5, 5.41) is 0. The van der Waals surface area contributed by atoms with E-state index in [4.69, 9.17) is 0 Å². The van der Waals surface area contributed by atoms with Gasteiger partial charge in [0, 0.05) is 11.6 Å². The number of unbranched alkanes of at least 4 members (excludes halogenated alkanes) is 22. The van der Waals surface area contributed by atoms with Crippen LogP contribution in [0.5, 0.6) is 0 Å². The maximum atomic E-state index is 2.40. The quantitative estimate of drug-likeness (QED) is 0.0905. The zero-order valence-electron chi connectivity index (χ0n) is 24.6. The van der Waals surface area contributed by atoms with Crippen LogP contribution in [-0.4, -0.2) is 0 Å². The Labute approximate surface area is 221 Å². The smallest absolute Gasteiger partial charge is 0.171 e. The molecule has 0 aliphatic rings. The van der Waals surface area contributed by atoms with Gasteiger partial charge in [-0.3, -0.25) is 0 Å². The third kappa shape index (κ3) is 20.0. The second kappa shape index (κ2) is 24.8. The average molecular weight is 487 g/mol. The fourth-order valence-electron chi connectivity index (χ4n) is 5.47. The topological polar surface area (TPSA) is 3.88 Å². The standard InChI is InChI=1S/C34H64N/c1-4-6-8-10-12-14-16-18-20-22-24-26-28-33-30-31-35(3)32-34(33)29-27-25-23-21-19-17-15-13-11-9-7-5-2/h30-32H,4-29H2,1-3H3/q+1. The van der Waals surface area contributed by atoms with Crippen molar-refractivity contribution < 1.29 is 4.57 Å². The van der Waals surface area contributed by atoms with Gasteiger partial charge in [0.15, 0.2) is 12.4 Å². The van der Waals surface area contributed by atoms with Crippen molar-refractivity contribution in [1.29, 1.82) is 0 Å². The monoisotopic (exact) mass is 487 g/mol. The van der Waals surface area contributed by atoms with Gasteiger partial charge < -0.3 is 0 Å². The van der Waals surface area contributed by atoms with Crippen LogP contribution < -0.4 is 4.57 Å². The molecule has 0 N–H and O–H groups in total. The van der Waals surface area contributed by atoms with Gasteiger partial charge in [-0.2, -0.15) is 0 Å². The molecule has 1 rings (SSSR count). The summed E-state index contributed by atoms with van der Waals surface area (Å²) in [7, 11) is 2.18. The lowest BCUT2D eigenvalue weighted by molar-refractivity contribution is -0.672. The van der Waals surface area contributed by atoms with E-state index in [-0.39, 0.29) is 0 Å². The Kier molecular flexibility index (Phi) is 22.8. The lowest BCUT2D eigenvalue weighted by Crippen LogP contribution is -2.27. The molecule has 1 nitrogen and oxygen atoms in total. The molecular weight excluding hydrogens is 422 g/mol. The highest BCUT2D eigenvalue weighted by Gasteiger charge is 2.07. The molecule has 35 heavy (non-hydrogen) atoms. The Morgan fingerprint density at radius 2 is 0.743 bits per heavy atom. The highest BCUT2D eigenvalue weighted by Crippen LogP contribution is 2.17. The Hall–Kier alpha value is -0.850. The molecule has 0 atom stereocenters. The van der Waals surface area contributed by atoms with Crippen molar-refractivity contribution in [3.63, 3.8) is 0 Å². The zero-order chi connectivity index (χ0) is 25.2. The second-order valence-corrected chi connectivity index (χ2v) is 11.4. The minimum absolute atomic E-state index is 1.28. The van der Waals surface area contributed by atoms with Gasteiger partial charge in [0.25, 0.3) is 0 Å². The van der Waals surface area contributed by atoms with E-state index < -0.39 is 0 Å². The second-order valence-electron chi connectivity index (χ2n) is 11.4. The lowest BCUT2D eigenvalue weighted by Gasteiger charge is -2.08. The van der Waals surface area contributed by atoms with E-state index in [1.807, 2.05) is 0 Å². The van der Waals surface area contributed by atoms with E-state index in [1.54, 1.807) is 11.1 Å². The average Bonchev–Trinajstić information content (AvgIpc) is 2.86. The predicted molar refractivity (Wildman–Crippen MR) is 157 cm³/mol. The molecule has 0 aromatic carbocycles. The zero-order valence-corrected chi connectivity index (χ0v) is 24.6. The molecule has 0 amide bonds. The Balaban J connectivity index is 2.04. The summed E-state index contributed by atoms with van der Waals surface area (Å²) in [6.07, 6.45) is 41.7. The van der Waals surface area contributed by atoms with Gasteiger partial charge in [-0.15, -0.1) is 0 Å². The first-order valence-electron chi connectivity index (χ1n) is 16.2. The third-order valence-electron chi connectivity index (χ3n) is 7.88. The summed E-state index contributed by atoms with van der Waals surface area (Å²) in [5.74, 6) is 0. The maximum absolute atomic E-state index is 2.40. The SMILES string of the molecule is CCCCCCCCCCCCCCc1cc[n+](C)cc1CCCCCCCCCCCCCC.